The van der Waals surface area contributed by atoms with Crippen LogP contribution < -0.4 is 9.47 Å². The molecule has 26 heavy (non-hydrogen) atoms. The lowest BCUT2D eigenvalue weighted by molar-refractivity contribution is 0.226. The van der Waals surface area contributed by atoms with Crippen molar-refractivity contribution in [2.75, 3.05) is 13.7 Å². The number of methoxy groups -OCH3 is 1. The number of rotatable bonds is 9. The molecule has 0 saturated carbocycles. The van der Waals surface area contributed by atoms with Gasteiger partial charge >= 0.3 is 0 Å². The minimum atomic E-state index is 0.603. The van der Waals surface area contributed by atoms with Gasteiger partial charge in [-0.1, -0.05) is 12.1 Å². The van der Waals surface area contributed by atoms with Gasteiger partial charge in [-0.2, -0.15) is 0 Å². The minimum absolute atomic E-state index is 0.603. The van der Waals surface area contributed by atoms with Crippen molar-refractivity contribution in [1.82, 2.24) is 9.88 Å². The molecule has 3 aromatic rings. The highest BCUT2D eigenvalue weighted by atomic mass is 16.5. The smallest absolute Gasteiger partial charge is 0.161 e. The van der Waals surface area contributed by atoms with E-state index in [1.807, 2.05) is 43.5 Å². The van der Waals surface area contributed by atoms with Crippen LogP contribution in [0.15, 0.2) is 65.5 Å². The zero-order valence-electron chi connectivity index (χ0n) is 15.2. The summed E-state index contributed by atoms with van der Waals surface area (Å²) in [6.07, 6.45) is 5.39. The third-order valence-electron chi connectivity index (χ3n) is 4.02. The van der Waals surface area contributed by atoms with E-state index in [1.54, 1.807) is 19.6 Å². The molecular weight excluding hydrogens is 328 g/mol. The Balaban J connectivity index is 1.79. The van der Waals surface area contributed by atoms with Crippen LogP contribution in [0.4, 0.5) is 0 Å². The maximum absolute atomic E-state index is 5.70. The molecule has 0 unspecified atom stereocenters. The second-order valence-corrected chi connectivity index (χ2v) is 6.00. The lowest BCUT2D eigenvalue weighted by Gasteiger charge is -2.22. The van der Waals surface area contributed by atoms with Crippen molar-refractivity contribution in [3.8, 4) is 11.5 Å². The van der Waals surface area contributed by atoms with Gasteiger partial charge in [0.1, 0.15) is 5.76 Å². The zero-order valence-corrected chi connectivity index (χ0v) is 15.2. The molecule has 0 amide bonds. The second-order valence-electron chi connectivity index (χ2n) is 6.00. The molecule has 1 aromatic carbocycles. The third kappa shape index (κ3) is 4.86. The van der Waals surface area contributed by atoms with Crippen molar-refractivity contribution in [3.05, 3.63) is 78.0 Å². The summed E-state index contributed by atoms with van der Waals surface area (Å²) in [5.41, 5.74) is 2.32. The van der Waals surface area contributed by atoms with E-state index < -0.39 is 0 Å². The van der Waals surface area contributed by atoms with Crippen LogP contribution in [0.5, 0.6) is 11.5 Å². The number of aromatic nitrogens is 1. The molecule has 0 aliphatic heterocycles. The average molecular weight is 352 g/mol. The van der Waals surface area contributed by atoms with E-state index in [-0.39, 0.29) is 0 Å². The van der Waals surface area contributed by atoms with Gasteiger partial charge in [0.25, 0.3) is 0 Å². The van der Waals surface area contributed by atoms with Crippen molar-refractivity contribution < 1.29 is 13.9 Å². The highest BCUT2D eigenvalue weighted by Gasteiger charge is 2.12. The van der Waals surface area contributed by atoms with Crippen molar-refractivity contribution in [2.45, 2.75) is 26.6 Å². The van der Waals surface area contributed by atoms with Crippen LogP contribution >= 0.6 is 0 Å². The predicted octanol–water partition coefficient (Wildman–Crippen LogP) is 4.28. The van der Waals surface area contributed by atoms with E-state index in [0.29, 0.717) is 6.61 Å². The molecule has 2 aromatic heterocycles. The SMILES string of the molecule is CCOc1cc(CN(Cc2cccnc2)Cc2ccco2)ccc1OC. The summed E-state index contributed by atoms with van der Waals surface area (Å²) in [7, 11) is 1.66. The number of ether oxygens (including phenoxy) is 2. The first-order valence-corrected chi connectivity index (χ1v) is 8.72. The monoisotopic (exact) mass is 352 g/mol. The quantitative estimate of drug-likeness (QED) is 0.575. The number of nitrogens with zero attached hydrogens (tertiary/aromatic N) is 2. The first kappa shape index (κ1) is 18.0. The number of hydrogen-bond donors (Lipinski definition) is 0. The zero-order chi connectivity index (χ0) is 18.2. The van der Waals surface area contributed by atoms with Gasteiger partial charge in [-0.3, -0.25) is 9.88 Å². The molecule has 0 radical (unpaired) electrons. The fourth-order valence-corrected chi connectivity index (χ4v) is 2.89. The summed E-state index contributed by atoms with van der Waals surface area (Å²) < 4.78 is 16.6. The van der Waals surface area contributed by atoms with E-state index in [0.717, 1.165) is 48.0 Å². The van der Waals surface area contributed by atoms with Crippen LogP contribution in [0.2, 0.25) is 0 Å². The van der Waals surface area contributed by atoms with Crippen molar-refractivity contribution in [1.29, 1.82) is 0 Å². The van der Waals surface area contributed by atoms with Crippen LogP contribution in [-0.4, -0.2) is 23.6 Å². The normalized spacial score (nSPS) is 10.9. The molecule has 0 fully saturated rings. The van der Waals surface area contributed by atoms with Crippen LogP contribution in [0, 0.1) is 0 Å². The molecule has 0 spiro atoms. The maximum Gasteiger partial charge on any atom is 0.161 e. The van der Waals surface area contributed by atoms with Gasteiger partial charge < -0.3 is 13.9 Å². The Bertz CT molecular complexity index is 788. The molecule has 2 heterocycles. The Kier molecular flexibility index (Phi) is 6.28. The number of pyridine rings is 1. The van der Waals surface area contributed by atoms with E-state index in [9.17, 15) is 0 Å². The summed E-state index contributed by atoms with van der Waals surface area (Å²) in [6.45, 7) is 4.84. The predicted molar refractivity (Wildman–Crippen MR) is 100 cm³/mol. The number of benzene rings is 1. The summed E-state index contributed by atoms with van der Waals surface area (Å²) in [5, 5.41) is 0. The molecule has 0 aliphatic carbocycles. The standard InChI is InChI=1S/C21H24N2O3/c1-3-25-21-12-17(8-9-20(21)24-2)14-23(16-19-7-5-11-26-19)15-18-6-4-10-22-13-18/h4-13H,3,14-16H2,1-2H3. The van der Waals surface area contributed by atoms with Crippen LogP contribution in [0.25, 0.3) is 0 Å². The Morgan fingerprint density at radius 1 is 1.00 bits per heavy atom. The van der Waals surface area contributed by atoms with Crippen LogP contribution in [0.1, 0.15) is 23.8 Å². The second kappa shape index (κ2) is 9.06. The van der Waals surface area contributed by atoms with E-state index in [2.05, 4.69) is 22.0 Å². The van der Waals surface area contributed by atoms with Crippen LogP contribution in [-0.2, 0) is 19.6 Å². The van der Waals surface area contributed by atoms with Gasteiger partial charge in [-0.25, -0.2) is 0 Å². The number of furan rings is 1. The van der Waals surface area contributed by atoms with E-state index in [1.165, 1.54) is 0 Å². The molecular formula is C21H24N2O3. The van der Waals surface area contributed by atoms with Gasteiger partial charge in [-0.05, 0) is 48.4 Å². The lowest BCUT2D eigenvalue weighted by atomic mass is 10.1. The van der Waals surface area contributed by atoms with Crippen LogP contribution in [0.3, 0.4) is 0 Å². The topological polar surface area (TPSA) is 47.7 Å². The Labute approximate surface area is 154 Å². The summed E-state index contributed by atoms with van der Waals surface area (Å²) >= 11 is 0. The third-order valence-corrected chi connectivity index (χ3v) is 4.02. The highest BCUT2D eigenvalue weighted by Crippen LogP contribution is 2.29. The molecule has 0 saturated heterocycles. The highest BCUT2D eigenvalue weighted by molar-refractivity contribution is 5.43. The summed E-state index contributed by atoms with van der Waals surface area (Å²) in [5.74, 6) is 2.46. The fourth-order valence-electron chi connectivity index (χ4n) is 2.89. The first-order valence-electron chi connectivity index (χ1n) is 8.72. The fraction of sp³-hybridized carbons (Fsp3) is 0.286. The first-order chi connectivity index (χ1) is 12.8. The molecule has 136 valence electrons. The van der Waals surface area contributed by atoms with Gasteiger partial charge in [0, 0.05) is 25.5 Å². The Morgan fingerprint density at radius 3 is 2.58 bits per heavy atom. The minimum Gasteiger partial charge on any atom is -0.493 e. The molecule has 5 heteroatoms. The molecule has 0 aliphatic rings. The Hall–Kier alpha value is -2.79. The van der Waals surface area contributed by atoms with Gasteiger partial charge in [0.2, 0.25) is 0 Å². The van der Waals surface area contributed by atoms with E-state index >= 15 is 0 Å². The lowest BCUT2D eigenvalue weighted by Crippen LogP contribution is -2.22. The van der Waals surface area contributed by atoms with Crippen molar-refractivity contribution >= 4 is 0 Å². The Morgan fingerprint density at radius 2 is 1.88 bits per heavy atom. The maximum atomic E-state index is 5.70. The molecule has 0 atom stereocenters. The van der Waals surface area contributed by atoms with Crippen molar-refractivity contribution in [3.63, 3.8) is 0 Å². The van der Waals surface area contributed by atoms with Crippen molar-refractivity contribution in [2.24, 2.45) is 0 Å². The van der Waals surface area contributed by atoms with Gasteiger partial charge in [0.05, 0.1) is 26.5 Å². The average Bonchev–Trinajstić information content (AvgIpc) is 3.16. The van der Waals surface area contributed by atoms with Gasteiger partial charge in [-0.15, -0.1) is 0 Å². The van der Waals surface area contributed by atoms with Gasteiger partial charge in [0.15, 0.2) is 11.5 Å². The molecule has 5 nitrogen and oxygen atoms in total. The molecule has 0 bridgehead atoms. The number of hydrogen-bond acceptors (Lipinski definition) is 5. The summed E-state index contributed by atoms with van der Waals surface area (Å²) in [4.78, 5) is 6.53. The van der Waals surface area contributed by atoms with E-state index in [4.69, 9.17) is 13.9 Å². The molecule has 0 N–H and O–H groups in total. The summed E-state index contributed by atoms with van der Waals surface area (Å²) in [6, 6.07) is 14.0. The molecule has 3 rings (SSSR count). The largest absolute Gasteiger partial charge is 0.493 e.